The molecule has 16 heavy (non-hydrogen) atoms. The van der Waals surface area contributed by atoms with Crippen LogP contribution in [0.5, 0.6) is 0 Å². The van der Waals surface area contributed by atoms with Crippen molar-refractivity contribution in [2.45, 2.75) is 13.5 Å². The van der Waals surface area contributed by atoms with Crippen LogP contribution in [0.4, 0.5) is 0 Å². The van der Waals surface area contributed by atoms with Gasteiger partial charge >= 0.3 is 0 Å². The summed E-state index contributed by atoms with van der Waals surface area (Å²) in [5.74, 6) is 0. The third kappa shape index (κ3) is 1.37. The molecular weight excluding hydrogens is 202 g/mol. The monoisotopic (exact) mass is 213 g/mol. The zero-order valence-corrected chi connectivity index (χ0v) is 8.88. The summed E-state index contributed by atoms with van der Waals surface area (Å²) < 4.78 is 1.88. The molecule has 3 heterocycles. The lowest BCUT2D eigenvalue weighted by Gasteiger charge is -1.96. The van der Waals surface area contributed by atoms with Crippen molar-refractivity contribution in [3.8, 4) is 11.3 Å². The van der Waals surface area contributed by atoms with Gasteiger partial charge < -0.3 is 0 Å². The number of rotatable bonds is 2. The summed E-state index contributed by atoms with van der Waals surface area (Å²) in [4.78, 5) is 4.38. The molecule has 0 aromatic carbocycles. The van der Waals surface area contributed by atoms with E-state index >= 15 is 0 Å². The lowest BCUT2D eigenvalue weighted by molar-refractivity contribution is 0.660. The van der Waals surface area contributed by atoms with E-state index in [1.165, 1.54) is 0 Å². The fourth-order valence-electron chi connectivity index (χ4n) is 1.66. The Morgan fingerprint density at radius 2 is 2.25 bits per heavy atom. The summed E-state index contributed by atoms with van der Waals surface area (Å²) >= 11 is 0. The topological polar surface area (TPSA) is 59.4 Å². The fourth-order valence-corrected chi connectivity index (χ4v) is 1.66. The first kappa shape index (κ1) is 9.08. The number of nitrogens with one attached hydrogen (secondary N) is 1. The number of pyridine rings is 1. The summed E-state index contributed by atoms with van der Waals surface area (Å²) in [5, 5.41) is 12.2. The summed E-state index contributed by atoms with van der Waals surface area (Å²) in [6.45, 7) is 2.93. The third-order valence-electron chi connectivity index (χ3n) is 2.58. The second kappa shape index (κ2) is 3.44. The molecule has 0 aliphatic carbocycles. The van der Waals surface area contributed by atoms with Crippen LogP contribution >= 0.6 is 0 Å². The predicted octanol–water partition coefficient (Wildman–Crippen LogP) is 1.84. The largest absolute Gasteiger partial charge is 0.278 e. The Hall–Kier alpha value is -2.17. The molecule has 5 nitrogen and oxygen atoms in total. The number of aromatic amines is 1. The molecule has 0 spiro atoms. The van der Waals surface area contributed by atoms with Crippen molar-refractivity contribution in [3.63, 3.8) is 0 Å². The number of fused-ring (bicyclic) bond motifs is 1. The number of nitrogens with zero attached hydrogens (tertiary/aromatic N) is 4. The van der Waals surface area contributed by atoms with Crippen LogP contribution < -0.4 is 0 Å². The van der Waals surface area contributed by atoms with E-state index in [4.69, 9.17) is 0 Å². The Morgan fingerprint density at radius 3 is 3.06 bits per heavy atom. The van der Waals surface area contributed by atoms with Gasteiger partial charge in [-0.15, -0.1) is 0 Å². The number of hydrogen-bond donors (Lipinski definition) is 1. The highest BCUT2D eigenvalue weighted by Gasteiger charge is 2.04. The average Bonchev–Trinajstić information content (AvgIpc) is 2.96. The Labute approximate surface area is 92.1 Å². The quantitative estimate of drug-likeness (QED) is 0.706. The van der Waals surface area contributed by atoms with E-state index in [0.29, 0.717) is 0 Å². The Balaban J connectivity index is 2.10. The summed E-state index contributed by atoms with van der Waals surface area (Å²) in [7, 11) is 0. The van der Waals surface area contributed by atoms with Gasteiger partial charge in [0.15, 0.2) is 0 Å². The van der Waals surface area contributed by atoms with Crippen molar-refractivity contribution in [1.82, 2.24) is 25.0 Å². The van der Waals surface area contributed by atoms with E-state index in [1.807, 2.05) is 29.3 Å². The van der Waals surface area contributed by atoms with Crippen LogP contribution in [0.15, 0.2) is 30.9 Å². The molecule has 0 saturated heterocycles. The molecule has 0 aliphatic heterocycles. The number of hydrogen-bond acceptors (Lipinski definition) is 3. The first-order valence-electron chi connectivity index (χ1n) is 5.19. The van der Waals surface area contributed by atoms with Crippen molar-refractivity contribution in [3.05, 3.63) is 30.9 Å². The highest BCUT2D eigenvalue weighted by molar-refractivity contribution is 5.80. The maximum absolute atomic E-state index is 4.38. The van der Waals surface area contributed by atoms with Gasteiger partial charge in [0, 0.05) is 29.9 Å². The SMILES string of the molecule is CCn1cc(-c2cc3[nH]ncc3cn2)cn1. The van der Waals surface area contributed by atoms with Gasteiger partial charge in [0.1, 0.15) is 0 Å². The van der Waals surface area contributed by atoms with Crippen LogP contribution in [0.1, 0.15) is 6.92 Å². The van der Waals surface area contributed by atoms with Crippen LogP contribution in [-0.4, -0.2) is 25.0 Å². The fraction of sp³-hybridized carbons (Fsp3) is 0.182. The second-order valence-electron chi connectivity index (χ2n) is 3.61. The van der Waals surface area contributed by atoms with Crippen molar-refractivity contribution in [2.24, 2.45) is 0 Å². The van der Waals surface area contributed by atoms with E-state index < -0.39 is 0 Å². The molecule has 3 rings (SSSR count). The number of aryl methyl sites for hydroxylation is 1. The minimum absolute atomic E-state index is 0.867. The smallest absolute Gasteiger partial charge is 0.0755 e. The molecule has 80 valence electrons. The standard InChI is InChI=1S/C11H11N5/c1-2-16-7-9(6-14-16)10-3-11-8(4-12-10)5-13-15-11/h3-7H,2H2,1H3,(H,13,15). The molecule has 0 bridgehead atoms. The van der Waals surface area contributed by atoms with Crippen molar-refractivity contribution in [2.75, 3.05) is 0 Å². The third-order valence-corrected chi connectivity index (χ3v) is 2.58. The molecule has 0 aliphatic rings. The van der Waals surface area contributed by atoms with Crippen LogP contribution in [-0.2, 0) is 6.54 Å². The number of aromatic nitrogens is 5. The normalized spacial score (nSPS) is 11.1. The van der Waals surface area contributed by atoms with E-state index in [0.717, 1.165) is 28.7 Å². The van der Waals surface area contributed by atoms with E-state index in [1.54, 1.807) is 6.20 Å². The van der Waals surface area contributed by atoms with Crippen molar-refractivity contribution in [1.29, 1.82) is 0 Å². The van der Waals surface area contributed by atoms with E-state index in [2.05, 4.69) is 27.2 Å². The molecule has 0 unspecified atom stereocenters. The molecule has 0 amide bonds. The van der Waals surface area contributed by atoms with E-state index in [-0.39, 0.29) is 0 Å². The highest BCUT2D eigenvalue weighted by atomic mass is 15.3. The van der Waals surface area contributed by atoms with Crippen LogP contribution in [0, 0.1) is 0 Å². The Bertz CT molecular complexity index is 622. The minimum atomic E-state index is 0.867. The maximum atomic E-state index is 4.38. The molecule has 5 heteroatoms. The highest BCUT2D eigenvalue weighted by Crippen LogP contribution is 2.19. The molecular formula is C11H11N5. The second-order valence-corrected chi connectivity index (χ2v) is 3.61. The van der Waals surface area contributed by atoms with Gasteiger partial charge in [-0.1, -0.05) is 0 Å². The average molecular weight is 213 g/mol. The molecule has 0 radical (unpaired) electrons. The van der Waals surface area contributed by atoms with Gasteiger partial charge in [0.25, 0.3) is 0 Å². The summed E-state index contributed by atoms with van der Waals surface area (Å²) in [6.07, 6.45) is 7.40. The van der Waals surface area contributed by atoms with Gasteiger partial charge in [0.2, 0.25) is 0 Å². The maximum Gasteiger partial charge on any atom is 0.0755 e. The molecule has 3 aromatic heterocycles. The van der Waals surface area contributed by atoms with Gasteiger partial charge in [-0.05, 0) is 13.0 Å². The molecule has 0 fully saturated rings. The number of H-pyrrole nitrogens is 1. The lowest BCUT2D eigenvalue weighted by Crippen LogP contribution is -1.92. The van der Waals surface area contributed by atoms with Crippen LogP contribution in [0.3, 0.4) is 0 Å². The zero-order chi connectivity index (χ0) is 11.0. The lowest BCUT2D eigenvalue weighted by atomic mass is 10.2. The first-order chi connectivity index (χ1) is 7.86. The van der Waals surface area contributed by atoms with Crippen molar-refractivity contribution >= 4 is 10.9 Å². The van der Waals surface area contributed by atoms with Gasteiger partial charge in [-0.2, -0.15) is 10.2 Å². The van der Waals surface area contributed by atoms with Crippen LogP contribution in [0.2, 0.25) is 0 Å². The molecule has 0 saturated carbocycles. The van der Waals surface area contributed by atoms with Gasteiger partial charge in [-0.25, -0.2) is 0 Å². The molecule has 0 atom stereocenters. The molecule has 1 N–H and O–H groups in total. The Kier molecular flexibility index (Phi) is 1.96. The summed E-state index contributed by atoms with van der Waals surface area (Å²) in [6, 6.07) is 1.99. The minimum Gasteiger partial charge on any atom is -0.278 e. The van der Waals surface area contributed by atoms with Crippen LogP contribution in [0.25, 0.3) is 22.2 Å². The Morgan fingerprint density at radius 1 is 1.31 bits per heavy atom. The van der Waals surface area contributed by atoms with Gasteiger partial charge in [0.05, 0.1) is 23.6 Å². The predicted molar refractivity (Wildman–Crippen MR) is 60.8 cm³/mol. The zero-order valence-electron chi connectivity index (χ0n) is 8.88. The summed E-state index contributed by atoms with van der Waals surface area (Å²) in [5.41, 5.74) is 2.93. The van der Waals surface area contributed by atoms with E-state index in [9.17, 15) is 0 Å². The van der Waals surface area contributed by atoms with Crippen molar-refractivity contribution < 1.29 is 0 Å². The first-order valence-corrected chi connectivity index (χ1v) is 5.19. The molecule has 3 aromatic rings. The van der Waals surface area contributed by atoms with Gasteiger partial charge in [-0.3, -0.25) is 14.8 Å².